The highest BCUT2D eigenvalue weighted by Crippen LogP contribution is 2.30. The van der Waals surface area contributed by atoms with Gasteiger partial charge in [-0.3, -0.25) is 33.6 Å². The summed E-state index contributed by atoms with van der Waals surface area (Å²) in [6.45, 7) is 16.8. The van der Waals surface area contributed by atoms with Crippen LogP contribution in [0.3, 0.4) is 0 Å². The highest BCUT2D eigenvalue weighted by Gasteiger charge is 2.31. The van der Waals surface area contributed by atoms with Crippen molar-refractivity contribution in [1.29, 1.82) is 0 Å². The van der Waals surface area contributed by atoms with Crippen molar-refractivity contribution in [3.8, 4) is 0 Å². The number of nitrogens with zero attached hydrogens (tertiary/aromatic N) is 6. The minimum absolute atomic E-state index is 0.0482. The summed E-state index contributed by atoms with van der Waals surface area (Å²) in [6.07, 6.45) is 5.87. The lowest BCUT2D eigenvalue weighted by Gasteiger charge is -2.28. The maximum atomic E-state index is 14.0. The van der Waals surface area contributed by atoms with Gasteiger partial charge in [-0.25, -0.2) is 0 Å². The second-order valence-electron chi connectivity index (χ2n) is 17.6. The summed E-state index contributed by atoms with van der Waals surface area (Å²) in [5.41, 5.74) is 14.3. The summed E-state index contributed by atoms with van der Waals surface area (Å²) < 4.78 is 5.90. The number of likely N-dealkylation sites (N-methyl/N-ethyl adjacent to an activating group) is 2. The molecule has 64 heavy (non-hydrogen) atoms. The van der Waals surface area contributed by atoms with Crippen molar-refractivity contribution < 1.29 is 38.0 Å². The first kappa shape index (κ1) is 59.7. The minimum atomic E-state index is -1.88. The van der Waals surface area contributed by atoms with Crippen LogP contribution in [0.1, 0.15) is 112 Å². The van der Waals surface area contributed by atoms with E-state index in [4.69, 9.17) is 15.7 Å². The number of hydrogen-bond acceptors (Lipinski definition) is 10. The molecule has 368 valence electrons. The molecule has 7 amide bonds. The van der Waals surface area contributed by atoms with Crippen LogP contribution in [0.5, 0.6) is 0 Å². The van der Waals surface area contributed by atoms with Gasteiger partial charge in [0.05, 0.1) is 0 Å². The molecule has 0 aliphatic rings. The summed E-state index contributed by atoms with van der Waals surface area (Å²) in [5.74, 6) is -2.80. The third kappa shape index (κ3) is 29.2. The lowest BCUT2D eigenvalue weighted by molar-refractivity contribution is -0.134. The Kier molecular flexibility index (Phi) is 32.7. The van der Waals surface area contributed by atoms with E-state index in [9.17, 15) is 33.6 Å². The number of unbranched alkanes of at least 4 members (excludes halogenated alkanes) is 3. The Morgan fingerprint density at radius 3 is 1.92 bits per heavy atom. The molecule has 0 saturated heterocycles. The number of azide groups is 1. The van der Waals surface area contributed by atoms with Crippen LogP contribution in [0.25, 0.3) is 10.4 Å². The fraction of sp³-hybridized carbons (Fsp3) is 0.841. The summed E-state index contributed by atoms with van der Waals surface area (Å²) in [7, 11) is 1.42. The van der Waals surface area contributed by atoms with Crippen LogP contribution in [0.15, 0.2) is 5.11 Å². The largest absolute Gasteiger partial charge is 0.418 e. The molecule has 0 radical (unpaired) electrons. The molecular weight excluding hydrogens is 839 g/mol. The number of carbonyl (C=O) groups excluding carboxylic acids is 7. The normalized spacial score (nSPS) is 13.0. The Balaban J connectivity index is 6.26. The summed E-state index contributed by atoms with van der Waals surface area (Å²) in [6, 6.07) is 0.785. The molecule has 4 unspecified atom stereocenters. The van der Waals surface area contributed by atoms with E-state index < -0.39 is 20.2 Å². The first-order valence-electron chi connectivity index (χ1n) is 23.4. The SMILES string of the molecule is CCO[Si](C)(C)CCNC(=O)CC(C)CC(CC(CC(=O)NCCN(C)C(C)=O)CC(CC)C(=O)NCCN(CCN(C)C(C)=O)C(=O)CCCN=[N+]=[N-])C(=O)NCCCCCCN. The fourth-order valence-corrected chi connectivity index (χ4v) is 9.00. The van der Waals surface area contributed by atoms with Crippen molar-refractivity contribution >= 4 is 49.7 Å². The molecular formula is C44H85N11O8Si. The van der Waals surface area contributed by atoms with Crippen molar-refractivity contribution in [2.24, 2.45) is 34.5 Å². The van der Waals surface area contributed by atoms with Gasteiger partial charge in [0.1, 0.15) is 0 Å². The number of rotatable bonds is 37. The summed E-state index contributed by atoms with van der Waals surface area (Å²) in [5, 5.41) is 15.5. The Hall–Kier alpha value is -4.26. The first-order valence-corrected chi connectivity index (χ1v) is 26.6. The van der Waals surface area contributed by atoms with Crippen molar-refractivity contribution in [2.45, 2.75) is 131 Å². The van der Waals surface area contributed by atoms with E-state index in [0.717, 1.165) is 31.7 Å². The molecule has 0 aromatic rings. The van der Waals surface area contributed by atoms with Gasteiger partial charge in [0.25, 0.3) is 0 Å². The smallest absolute Gasteiger partial charge is 0.223 e. The van der Waals surface area contributed by atoms with E-state index in [2.05, 4.69) is 44.4 Å². The zero-order valence-electron chi connectivity index (χ0n) is 40.8. The number of carbonyl (C=O) groups is 7. The predicted molar refractivity (Wildman–Crippen MR) is 253 cm³/mol. The van der Waals surface area contributed by atoms with Gasteiger partial charge in [-0.05, 0) is 94.9 Å². The second-order valence-corrected chi connectivity index (χ2v) is 21.9. The van der Waals surface area contributed by atoms with E-state index in [0.29, 0.717) is 71.4 Å². The molecule has 0 heterocycles. The maximum absolute atomic E-state index is 14.0. The van der Waals surface area contributed by atoms with Crippen LogP contribution in [0, 0.1) is 23.7 Å². The Labute approximate surface area is 384 Å². The molecule has 19 nitrogen and oxygen atoms in total. The van der Waals surface area contributed by atoms with Crippen molar-refractivity contribution in [1.82, 2.24) is 36.0 Å². The van der Waals surface area contributed by atoms with Crippen LogP contribution in [-0.4, -0.2) is 151 Å². The minimum Gasteiger partial charge on any atom is -0.418 e. The van der Waals surface area contributed by atoms with Gasteiger partial charge in [-0.2, -0.15) is 0 Å². The predicted octanol–water partition coefficient (Wildman–Crippen LogP) is 3.93. The third-order valence-corrected chi connectivity index (χ3v) is 14.0. The highest BCUT2D eigenvalue weighted by atomic mass is 28.4. The third-order valence-electron chi connectivity index (χ3n) is 11.5. The Bertz CT molecular complexity index is 1470. The molecule has 0 bridgehead atoms. The van der Waals surface area contributed by atoms with Gasteiger partial charge in [0.2, 0.25) is 41.4 Å². The molecule has 0 fully saturated rings. The number of amides is 7. The van der Waals surface area contributed by atoms with Gasteiger partial charge in [0, 0.05) is 129 Å². The van der Waals surface area contributed by atoms with Gasteiger partial charge in [-0.15, -0.1) is 0 Å². The van der Waals surface area contributed by atoms with E-state index >= 15 is 0 Å². The molecule has 4 atom stereocenters. The van der Waals surface area contributed by atoms with Gasteiger partial charge in [0.15, 0.2) is 8.32 Å². The van der Waals surface area contributed by atoms with Crippen LogP contribution in [0.4, 0.5) is 0 Å². The highest BCUT2D eigenvalue weighted by molar-refractivity contribution is 6.71. The average Bonchev–Trinajstić information content (AvgIpc) is 3.22. The lowest BCUT2D eigenvalue weighted by Crippen LogP contribution is -2.44. The zero-order valence-corrected chi connectivity index (χ0v) is 41.8. The molecule has 0 aromatic heterocycles. The Morgan fingerprint density at radius 1 is 0.719 bits per heavy atom. The number of nitrogens with two attached hydrogens (primary N) is 1. The fourth-order valence-electron chi connectivity index (χ4n) is 7.35. The molecule has 0 aliphatic heterocycles. The monoisotopic (exact) mass is 924 g/mol. The first-order chi connectivity index (χ1) is 30.3. The summed E-state index contributed by atoms with van der Waals surface area (Å²) >= 11 is 0. The van der Waals surface area contributed by atoms with E-state index in [-0.39, 0.29) is 105 Å². The zero-order chi connectivity index (χ0) is 48.5. The van der Waals surface area contributed by atoms with Crippen LogP contribution >= 0.6 is 0 Å². The standard InChI is InChI=1S/C44H85N11O8Si/c1-10-38(43(61)50-22-25-55(27-26-54(7)36(5)57)42(60)17-16-20-51-52-46)31-37(33-41(59)47-21-24-53(6)35(4)56)32-39(44(62)49-19-15-13-12-14-18-45)29-34(3)30-40(58)48-23-28-64(8,9)63-11-2/h34,37-39H,10-33,45H2,1-9H3,(H,47,59)(H,48,58)(H,49,62)(H,50,61). The molecule has 20 heteroatoms. The topological polar surface area (TPSA) is 261 Å². The van der Waals surface area contributed by atoms with Gasteiger partial charge in [-0.1, -0.05) is 31.8 Å². The average molecular weight is 924 g/mol. The van der Waals surface area contributed by atoms with Gasteiger partial charge >= 0.3 is 0 Å². The maximum Gasteiger partial charge on any atom is 0.223 e. The van der Waals surface area contributed by atoms with Gasteiger partial charge < -0.3 is 46.1 Å². The summed E-state index contributed by atoms with van der Waals surface area (Å²) in [4.78, 5) is 98.4. The molecule has 0 saturated carbocycles. The molecule has 0 spiro atoms. The molecule has 0 aliphatic carbocycles. The number of nitrogens with one attached hydrogen (secondary N) is 4. The lowest BCUT2D eigenvalue weighted by atomic mass is 9.80. The molecule has 0 aromatic carbocycles. The van der Waals surface area contributed by atoms with Crippen LogP contribution in [-0.2, 0) is 38.0 Å². The van der Waals surface area contributed by atoms with Crippen LogP contribution < -0.4 is 27.0 Å². The Morgan fingerprint density at radius 2 is 1.30 bits per heavy atom. The molecule has 0 rings (SSSR count). The molecule has 6 N–H and O–H groups in total. The second kappa shape index (κ2) is 35.1. The van der Waals surface area contributed by atoms with Crippen molar-refractivity contribution in [3.05, 3.63) is 10.4 Å². The number of hydrogen-bond donors (Lipinski definition) is 5. The van der Waals surface area contributed by atoms with E-state index in [1.54, 1.807) is 19.0 Å². The van der Waals surface area contributed by atoms with Crippen molar-refractivity contribution in [3.63, 3.8) is 0 Å². The quantitative estimate of drug-likeness (QED) is 0.0199. The van der Waals surface area contributed by atoms with E-state index in [1.807, 2.05) is 20.8 Å². The van der Waals surface area contributed by atoms with E-state index in [1.165, 1.54) is 23.6 Å². The van der Waals surface area contributed by atoms with Crippen molar-refractivity contribution in [2.75, 3.05) is 86.1 Å². The van der Waals surface area contributed by atoms with Crippen LogP contribution in [0.2, 0.25) is 19.1 Å².